The minimum Gasteiger partial charge on any atom is -0.410 e. The summed E-state index contributed by atoms with van der Waals surface area (Å²) in [6, 6.07) is 20.1. The summed E-state index contributed by atoms with van der Waals surface area (Å²) in [7, 11) is -4.83. The Balaban J connectivity index is 2.53. The highest BCUT2D eigenvalue weighted by molar-refractivity contribution is 6.78. The van der Waals surface area contributed by atoms with E-state index in [1.54, 1.807) is 0 Å². The largest absolute Gasteiger partial charge is 0.410 e. The van der Waals surface area contributed by atoms with Gasteiger partial charge >= 0.3 is 0 Å². The zero-order valence-electron chi connectivity index (χ0n) is 34.2. The van der Waals surface area contributed by atoms with Gasteiger partial charge < -0.3 is 28.5 Å². The van der Waals surface area contributed by atoms with Crippen molar-refractivity contribution < 1.29 is 28.5 Å². The highest BCUT2D eigenvalue weighted by atomic mass is 28.4. The quantitative estimate of drug-likeness (QED) is 0.111. The lowest BCUT2D eigenvalue weighted by Gasteiger charge is -2.49. The molecule has 0 heterocycles. The lowest BCUT2D eigenvalue weighted by atomic mass is 9.90. The van der Waals surface area contributed by atoms with Gasteiger partial charge in [-0.25, -0.2) is 0 Å². The van der Waals surface area contributed by atoms with Crippen molar-refractivity contribution >= 4 is 16.6 Å². The number of rotatable bonds is 23. The molecule has 8 heteroatoms. The third-order valence-corrected chi connectivity index (χ3v) is 23.4. The molecule has 0 unspecified atom stereocenters. The van der Waals surface area contributed by atoms with Gasteiger partial charge in [-0.3, -0.25) is 0 Å². The molecule has 2 aromatic rings. The Bertz CT molecular complexity index is 1070. The molecule has 0 aliphatic rings. The highest BCUT2D eigenvalue weighted by Gasteiger charge is 2.52. The second kappa shape index (κ2) is 19.6. The van der Waals surface area contributed by atoms with Crippen LogP contribution < -0.4 is 0 Å². The molecule has 286 valence electrons. The van der Waals surface area contributed by atoms with E-state index in [9.17, 15) is 10.2 Å². The second-order valence-corrected chi connectivity index (χ2v) is 27.9. The first kappa shape index (κ1) is 44.8. The van der Waals surface area contributed by atoms with Crippen molar-refractivity contribution in [2.45, 2.75) is 180 Å². The predicted molar refractivity (Wildman–Crippen MR) is 215 cm³/mol. The molecule has 2 rings (SSSR count). The number of hydrogen-bond donors (Lipinski definition) is 2. The Morgan fingerprint density at radius 1 is 0.480 bits per heavy atom. The Hall–Kier alpha value is -1.37. The fourth-order valence-corrected chi connectivity index (χ4v) is 20.1. The number of benzene rings is 2. The van der Waals surface area contributed by atoms with Crippen LogP contribution in [0.1, 0.15) is 121 Å². The summed E-state index contributed by atoms with van der Waals surface area (Å²) >= 11 is 0. The lowest BCUT2D eigenvalue weighted by molar-refractivity contribution is -0.129. The average molecular weight is 731 g/mol. The lowest BCUT2D eigenvalue weighted by Crippen LogP contribution is -2.58. The van der Waals surface area contributed by atoms with Crippen molar-refractivity contribution in [2.24, 2.45) is 0 Å². The van der Waals surface area contributed by atoms with Crippen molar-refractivity contribution in [2.75, 3.05) is 13.2 Å². The van der Waals surface area contributed by atoms with Crippen molar-refractivity contribution in [3.63, 3.8) is 0 Å². The van der Waals surface area contributed by atoms with Crippen LogP contribution in [0.5, 0.6) is 0 Å². The molecule has 0 aliphatic heterocycles. The van der Waals surface area contributed by atoms with Crippen LogP contribution in [0.15, 0.2) is 60.7 Å². The molecule has 4 atom stereocenters. The minimum absolute atomic E-state index is 0.135. The van der Waals surface area contributed by atoms with Crippen LogP contribution in [-0.4, -0.2) is 63.5 Å². The van der Waals surface area contributed by atoms with Gasteiger partial charge in [-0.1, -0.05) is 144 Å². The van der Waals surface area contributed by atoms with E-state index in [0.717, 1.165) is 11.1 Å². The van der Waals surface area contributed by atoms with Crippen molar-refractivity contribution in [3.8, 4) is 0 Å². The molecule has 0 radical (unpaired) electrons. The SMILES string of the molecule is CC(C)[Si](O[C@H](CC[C@@H](O[Si](C(C)C)(C(C)C)C(C)C)[C@@](C)(O)COCc1ccccc1)[C@@](C)(O)COCc1ccccc1)(C(C)C)C(C)C. The van der Waals surface area contributed by atoms with Crippen LogP contribution >= 0.6 is 0 Å². The number of hydrogen-bond acceptors (Lipinski definition) is 6. The van der Waals surface area contributed by atoms with E-state index in [-0.39, 0.29) is 13.2 Å². The Kier molecular flexibility index (Phi) is 17.6. The Labute approximate surface area is 308 Å². The van der Waals surface area contributed by atoms with Gasteiger partial charge in [0.1, 0.15) is 11.2 Å². The molecule has 0 bridgehead atoms. The summed E-state index contributed by atoms with van der Waals surface area (Å²) in [6.07, 6.45) is -0.00291. The van der Waals surface area contributed by atoms with Gasteiger partial charge in [0, 0.05) is 0 Å². The standard InChI is InChI=1S/C42H74O6Si2/c1-31(2)49(32(3)4,33(5)6)47-39(41(13,43)29-45-27-37-21-17-15-18-22-37)25-26-40(48-50(34(7)8,35(9)10)36(11)12)42(14,44)30-46-28-38-23-19-16-20-24-38/h15-24,31-36,39-40,43-44H,25-30H2,1-14H3/t39-,40-,41+,42+/m1/s1. The fraction of sp³-hybridized carbons (Fsp3) is 0.714. The van der Waals surface area contributed by atoms with E-state index >= 15 is 0 Å². The van der Waals surface area contributed by atoms with Gasteiger partial charge in [0.05, 0.1) is 38.6 Å². The van der Waals surface area contributed by atoms with Gasteiger partial charge in [0.15, 0.2) is 0 Å². The first-order chi connectivity index (χ1) is 23.2. The highest BCUT2D eigenvalue weighted by Crippen LogP contribution is 2.47. The topological polar surface area (TPSA) is 77.4 Å². The summed E-state index contributed by atoms with van der Waals surface area (Å²) in [5.41, 5.74) is 1.65. The van der Waals surface area contributed by atoms with Gasteiger partial charge in [-0.05, 0) is 71.1 Å². The first-order valence-electron chi connectivity index (χ1n) is 19.3. The van der Waals surface area contributed by atoms with E-state index in [1.807, 2.05) is 74.5 Å². The molecule has 0 spiro atoms. The maximum Gasteiger partial charge on any atom is 0.200 e. The molecule has 2 aromatic carbocycles. The average Bonchev–Trinajstić information content (AvgIpc) is 3.02. The molecule has 50 heavy (non-hydrogen) atoms. The van der Waals surface area contributed by atoms with Crippen LogP contribution in [-0.2, 0) is 31.5 Å². The molecule has 2 N–H and O–H groups in total. The molecule has 0 aromatic heterocycles. The van der Waals surface area contributed by atoms with Crippen LogP contribution in [0.3, 0.4) is 0 Å². The summed E-state index contributed by atoms with van der Waals surface area (Å²) in [6.45, 7) is 32.1. The predicted octanol–water partition coefficient (Wildman–Crippen LogP) is 10.8. The third kappa shape index (κ3) is 11.6. The van der Waals surface area contributed by atoms with Crippen LogP contribution in [0.25, 0.3) is 0 Å². The fourth-order valence-electron chi connectivity index (χ4n) is 8.69. The maximum absolute atomic E-state index is 12.3. The second-order valence-electron chi connectivity index (χ2n) is 17.1. The van der Waals surface area contributed by atoms with Crippen molar-refractivity contribution in [3.05, 3.63) is 71.8 Å². The van der Waals surface area contributed by atoms with E-state index < -0.39 is 40.0 Å². The van der Waals surface area contributed by atoms with Crippen molar-refractivity contribution in [1.82, 2.24) is 0 Å². The summed E-state index contributed by atoms with van der Waals surface area (Å²) in [4.78, 5) is 0. The van der Waals surface area contributed by atoms with E-state index in [2.05, 4.69) is 83.1 Å². The van der Waals surface area contributed by atoms with Crippen LogP contribution in [0, 0.1) is 0 Å². The third-order valence-electron chi connectivity index (χ3n) is 11.2. The van der Waals surface area contributed by atoms with Crippen molar-refractivity contribution in [1.29, 1.82) is 0 Å². The first-order valence-corrected chi connectivity index (χ1v) is 23.6. The minimum atomic E-state index is -2.42. The molecule has 0 amide bonds. The Morgan fingerprint density at radius 2 is 0.740 bits per heavy atom. The summed E-state index contributed by atoms with van der Waals surface area (Å²) in [5, 5.41) is 24.6. The molecule has 0 saturated heterocycles. The zero-order chi connectivity index (χ0) is 37.9. The van der Waals surface area contributed by atoms with Gasteiger partial charge in [-0.15, -0.1) is 0 Å². The van der Waals surface area contributed by atoms with Crippen LogP contribution in [0.2, 0.25) is 33.2 Å². The molecular formula is C42H74O6Si2. The van der Waals surface area contributed by atoms with Gasteiger partial charge in [0.25, 0.3) is 0 Å². The van der Waals surface area contributed by atoms with Gasteiger partial charge in [0.2, 0.25) is 16.6 Å². The maximum atomic E-state index is 12.3. The van der Waals surface area contributed by atoms with E-state index in [0.29, 0.717) is 59.3 Å². The number of aliphatic hydroxyl groups is 2. The van der Waals surface area contributed by atoms with Crippen LogP contribution in [0.4, 0.5) is 0 Å². The van der Waals surface area contributed by atoms with E-state index in [4.69, 9.17) is 18.3 Å². The molecular weight excluding hydrogens is 657 g/mol. The zero-order valence-corrected chi connectivity index (χ0v) is 36.2. The molecule has 0 fully saturated rings. The number of ether oxygens (including phenoxy) is 2. The van der Waals surface area contributed by atoms with E-state index in [1.165, 1.54) is 0 Å². The molecule has 0 aliphatic carbocycles. The smallest absolute Gasteiger partial charge is 0.200 e. The molecule has 6 nitrogen and oxygen atoms in total. The normalized spacial score (nSPS) is 16.8. The monoisotopic (exact) mass is 731 g/mol. The molecule has 0 saturated carbocycles. The Morgan fingerprint density at radius 3 is 0.980 bits per heavy atom. The van der Waals surface area contributed by atoms with Gasteiger partial charge in [-0.2, -0.15) is 0 Å². The summed E-state index contributed by atoms with van der Waals surface area (Å²) < 4.78 is 27.2. The summed E-state index contributed by atoms with van der Waals surface area (Å²) in [5.74, 6) is 0.